The Morgan fingerprint density at radius 3 is 2.72 bits per heavy atom. The number of hydrogen-bond acceptors (Lipinski definition) is 2. The Balaban J connectivity index is 2.20. The summed E-state index contributed by atoms with van der Waals surface area (Å²) in [5.74, 6) is -0.713. The molecule has 98 valence electrons. The van der Waals surface area contributed by atoms with Crippen LogP contribution in [0.3, 0.4) is 0 Å². The van der Waals surface area contributed by atoms with E-state index < -0.39 is 11.4 Å². The highest BCUT2D eigenvalue weighted by atomic mass is 16.4. The fraction of sp³-hybridized carbons (Fsp3) is 0.533. The van der Waals surface area contributed by atoms with Gasteiger partial charge in [0.05, 0.1) is 5.41 Å². The van der Waals surface area contributed by atoms with Gasteiger partial charge in [0.2, 0.25) is 0 Å². The van der Waals surface area contributed by atoms with E-state index in [4.69, 9.17) is 0 Å². The first-order valence-corrected chi connectivity index (χ1v) is 6.53. The van der Waals surface area contributed by atoms with Crippen molar-refractivity contribution in [3.8, 4) is 0 Å². The van der Waals surface area contributed by atoms with Gasteiger partial charge in [-0.15, -0.1) is 0 Å². The molecular weight excluding hydrogens is 226 g/mol. The van der Waals surface area contributed by atoms with E-state index in [-0.39, 0.29) is 0 Å². The Bertz CT molecular complexity index is 454. The predicted octanol–water partition coefficient (Wildman–Crippen LogP) is 2.94. The summed E-state index contributed by atoms with van der Waals surface area (Å²) < 4.78 is 0. The maximum Gasteiger partial charge on any atom is 0.309 e. The Hall–Kier alpha value is -1.51. The first-order valence-electron chi connectivity index (χ1n) is 6.53. The van der Waals surface area contributed by atoms with E-state index in [1.165, 1.54) is 11.3 Å². The number of carboxylic acid groups (broad SMARTS) is 1. The molecule has 0 bridgehead atoms. The Kier molecular flexibility index (Phi) is 3.33. The molecule has 1 aliphatic heterocycles. The third-order valence-corrected chi connectivity index (χ3v) is 3.86. The van der Waals surface area contributed by atoms with E-state index in [0.29, 0.717) is 12.5 Å². The van der Waals surface area contributed by atoms with Crippen LogP contribution in [0.15, 0.2) is 24.3 Å². The quantitative estimate of drug-likeness (QED) is 0.889. The smallest absolute Gasteiger partial charge is 0.309 e. The molecular formula is C15H21NO2. The van der Waals surface area contributed by atoms with Crippen LogP contribution in [0.5, 0.6) is 0 Å². The van der Waals surface area contributed by atoms with Crippen molar-refractivity contribution in [3.63, 3.8) is 0 Å². The second kappa shape index (κ2) is 4.63. The third-order valence-electron chi connectivity index (χ3n) is 3.86. The fourth-order valence-corrected chi connectivity index (χ4v) is 2.81. The molecule has 3 heteroatoms. The average Bonchev–Trinajstić information content (AvgIpc) is 2.64. The number of para-hydroxylation sites is 1. The summed E-state index contributed by atoms with van der Waals surface area (Å²) in [5.41, 5.74) is 1.94. The van der Waals surface area contributed by atoms with E-state index in [2.05, 4.69) is 30.0 Å². The summed E-state index contributed by atoms with van der Waals surface area (Å²) in [4.78, 5) is 13.6. The van der Waals surface area contributed by atoms with Gasteiger partial charge in [0.25, 0.3) is 0 Å². The zero-order valence-electron chi connectivity index (χ0n) is 11.3. The largest absolute Gasteiger partial charge is 0.481 e. The molecule has 0 aliphatic carbocycles. The van der Waals surface area contributed by atoms with Gasteiger partial charge < -0.3 is 10.0 Å². The molecule has 18 heavy (non-hydrogen) atoms. The van der Waals surface area contributed by atoms with Gasteiger partial charge in [-0.1, -0.05) is 18.2 Å². The molecule has 1 N–H and O–H groups in total. The topological polar surface area (TPSA) is 40.5 Å². The number of carbonyl (C=O) groups is 1. The standard InChI is InChI=1S/C15H21NO2/c1-4-16-12(10-15(2,3)14(17)18)9-11-7-5-6-8-13(11)16/h5-8,12H,4,9-10H2,1-3H3,(H,17,18). The molecule has 1 aromatic carbocycles. The maximum atomic E-state index is 11.3. The van der Waals surface area contributed by atoms with Crippen LogP contribution in [0.4, 0.5) is 5.69 Å². The van der Waals surface area contributed by atoms with Crippen molar-refractivity contribution in [1.29, 1.82) is 0 Å². The van der Waals surface area contributed by atoms with Crippen molar-refractivity contribution >= 4 is 11.7 Å². The molecule has 0 spiro atoms. The highest BCUT2D eigenvalue weighted by molar-refractivity contribution is 5.74. The molecule has 1 aromatic rings. The van der Waals surface area contributed by atoms with Crippen molar-refractivity contribution < 1.29 is 9.90 Å². The molecule has 0 amide bonds. The van der Waals surface area contributed by atoms with Crippen LogP contribution in [-0.2, 0) is 11.2 Å². The first kappa shape index (κ1) is 12.9. The van der Waals surface area contributed by atoms with Gasteiger partial charge in [0, 0.05) is 18.3 Å². The summed E-state index contributed by atoms with van der Waals surface area (Å²) >= 11 is 0. The molecule has 2 rings (SSSR count). The number of benzene rings is 1. The van der Waals surface area contributed by atoms with E-state index in [1.807, 2.05) is 19.9 Å². The minimum absolute atomic E-state index is 0.304. The van der Waals surface area contributed by atoms with E-state index in [1.54, 1.807) is 0 Å². The monoisotopic (exact) mass is 247 g/mol. The summed E-state index contributed by atoms with van der Waals surface area (Å²) in [6, 6.07) is 8.68. The van der Waals surface area contributed by atoms with Gasteiger partial charge in [0.1, 0.15) is 0 Å². The van der Waals surface area contributed by atoms with Crippen LogP contribution in [0.2, 0.25) is 0 Å². The highest BCUT2D eigenvalue weighted by Crippen LogP contribution is 2.37. The van der Waals surface area contributed by atoms with Crippen molar-refractivity contribution in [1.82, 2.24) is 0 Å². The van der Waals surface area contributed by atoms with Crippen molar-refractivity contribution in [2.24, 2.45) is 5.41 Å². The van der Waals surface area contributed by atoms with Gasteiger partial charge in [-0.2, -0.15) is 0 Å². The number of hydrogen-bond donors (Lipinski definition) is 1. The SMILES string of the molecule is CCN1c2ccccc2CC1CC(C)(C)C(=O)O. The van der Waals surface area contributed by atoms with Gasteiger partial charge in [-0.05, 0) is 45.2 Å². The molecule has 1 unspecified atom stereocenters. The van der Waals surface area contributed by atoms with E-state index >= 15 is 0 Å². The molecule has 0 saturated heterocycles. The van der Waals surface area contributed by atoms with Crippen LogP contribution in [0.1, 0.15) is 32.8 Å². The molecule has 0 aromatic heterocycles. The van der Waals surface area contributed by atoms with E-state index in [0.717, 1.165) is 13.0 Å². The third kappa shape index (κ3) is 2.22. The van der Waals surface area contributed by atoms with E-state index in [9.17, 15) is 9.90 Å². The normalized spacial score (nSPS) is 18.8. The highest BCUT2D eigenvalue weighted by Gasteiger charge is 2.36. The minimum atomic E-state index is -0.713. The van der Waals surface area contributed by atoms with Gasteiger partial charge in [-0.25, -0.2) is 0 Å². The maximum absolute atomic E-state index is 11.3. The lowest BCUT2D eigenvalue weighted by molar-refractivity contribution is -0.147. The first-order chi connectivity index (χ1) is 8.45. The molecule has 1 heterocycles. The number of anilines is 1. The van der Waals surface area contributed by atoms with Crippen LogP contribution in [-0.4, -0.2) is 23.7 Å². The second-order valence-corrected chi connectivity index (χ2v) is 5.67. The fourth-order valence-electron chi connectivity index (χ4n) is 2.81. The average molecular weight is 247 g/mol. The Morgan fingerprint density at radius 2 is 2.11 bits per heavy atom. The Labute approximate surface area is 108 Å². The number of fused-ring (bicyclic) bond motifs is 1. The van der Waals surface area contributed by atoms with Crippen molar-refractivity contribution in [3.05, 3.63) is 29.8 Å². The minimum Gasteiger partial charge on any atom is -0.481 e. The van der Waals surface area contributed by atoms with Crippen molar-refractivity contribution in [2.45, 2.75) is 39.7 Å². The van der Waals surface area contributed by atoms with Gasteiger partial charge in [-0.3, -0.25) is 4.79 Å². The lowest BCUT2D eigenvalue weighted by Gasteiger charge is -2.31. The van der Waals surface area contributed by atoms with Crippen LogP contribution in [0, 0.1) is 5.41 Å². The van der Waals surface area contributed by atoms with Gasteiger partial charge in [0.15, 0.2) is 0 Å². The van der Waals surface area contributed by atoms with Gasteiger partial charge >= 0.3 is 5.97 Å². The van der Waals surface area contributed by atoms with Crippen LogP contribution < -0.4 is 4.90 Å². The summed E-state index contributed by atoms with van der Waals surface area (Å²) in [6.07, 6.45) is 1.64. The summed E-state index contributed by atoms with van der Waals surface area (Å²) in [6.45, 7) is 6.68. The molecule has 3 nitrogen and oxygen atoms in total. The number of aliphatic carboxylic acids is 1. The second-order valence-electron chi connectivity index (χ2n) is 5.67. The molecule has 1 aliphatic rings. The Morgan fingerprint density at radius 1 is 1.44 bits per heavy atom. The zero-order chi connectivity index (χ0) is 13.3. The molecule has 0 fully saturated rings. The van der Waals surface area contributed by atoms with Crippen molar-refractivity contribution in [2.75, 3.05) is 11.4 Å². The summed E-state index contributed by atoms with van der Waals surface area (Å²) in [7, 11) is 0. The zero-order valence-corrected chi connectivity index (χ0v) is 11.3. The summed E-state index contributed by atoms with van der Waals surface area (Å²) in [5, 5.41) is 9.26. The number of rotatable bonds is 4. The number of nitrogens with zero attached hydrogens (tertiary/aromatic N) is 1. The van der Waals surface area contributed by atoms with Crippen LogP contribution >= 0.6 is 0 Å². The molecule has 0 radical (unpaired) electrons. The number of carboxylic acids is 1. The lowest BCUT2D eigenvalue weighted by Crippen LogP contribution is -2.38. The lowest BCUT2D eigenvalue weighted by atomic mass is 9.84. The molecule has 0 saturated carbocycles. The predicted molar refractivity (Wildman–Crippen MR) is 73.0 cm³/mol. The molecule has 1 atom stereocenters. The van der Waals surface area contributed by atoms with Crippen LogP contribution in [0.25, 0.3) is 0 Å². The number of likely N-dealkylation sites (N-methyl/N-ethyl adjacent to an activating group) is 1.